The minimum Gasteiger partial charge on any atom is -0.494 e. The Morgan fingerprint density at radius 2 is 1.62 bits per heavy atom. The maximum atomic E-state index is 12.8. The number of ether oxygens (including phenoxy) is 2. The molecule has 4 heteroatoms. The molecule has 2 aromatic carbocycles. The van der Waals surface area contributed by atoms with Crippen LogP contribution in [0.1, 0.15) is 71.6 Å². The number of unbranched alkanes of at least 4 members (excludes halogenated alkanes) is 4. The van der Waals surface area contributed by atoms with Gasteiger partial charge in [0.05, 0.1) is 12.7 Å². The van der Waals surface area contributed by atoms with Crippen molar-refractivity contribution in [2.75, 3.05) is 6.61 Å². The summed E-state index contributed by atoms with van der Waals surface area (Å²) in [7, 11) is 0. The van der Waals surface area contributed by atoms with Crippen molar-refractivity contribution < 1.29 is 14.3 Å². The molecule has 2 aromatic rings. The lowest BCUT2D eigenvalue weighted by Crippen LogP contribution is -2.37. The van der Waals surface area contributed by atoms with E-state index in [1.54, 1.807) is 12.1 Å². The van der Waals surface area contributed by atoms with Crippen molar-refractivity contribution in [1.82, 2.24) is 0 Å². The van der Waals surface area contributed by atoms with Crippen LogP contribution in [0.25, 0.3) is 11.1 Å². The molecule has 1 saturated carbocycles. The van der Waals surface area contributed by atoms with Crippen LogP contribution in [-0.4, -0.2) is 12.6 Å². The Morgan fingerprint density at radius 1 is 1.00 bits per heavy atom. The highest BCUT2D eigenvalue weighted by atomic mass is 16.5. The summed E-state index contributed by atoms with van der Waals surface area (Å²) in [6.07, 6.45) is 9.25. The van der Waals surface area contributed by atoms with Crippen LogP contribution in [0, 0.1) is 22.7 Å². The van der Waals surface area contributed by atoms with Crippen LogP contribution in [0.2, 0.25) is 0 Å². The molecule has 0 spiro atoms. The fourth-order valence-electron chi connectivity index (χ4n) is 4.44. The predicted octanol–water partition coefficient (Wildman–Crippen LogP) is 7.33. The van der Waals surface area contributed by atoms with Gasteiger partial charge in [-0.1, -0.05) is 76.6 Å². The second kappa shape index (κ2) is 11.7. The quantitative estimate of drug-likeness (QED) is 0.224. The van der Waals surface area contributed by atoms with Crippen molar-refractivity contribution in [1.29, 1.82) is 5.26 Å². The normalized spacial score (nSPS) is 20.3. The third kappa shape index (κ3) is 6.36. The SMILES string of the molecule is CCCCCCCOc1ccc(-c2ccc(OC(=O)C3(C#N)CCCC(C)C3)cc2)cc1. The van der Waals surface area contributed by atoms with Crippen LogP contribution in [-0.2, 0) is 4.79 Å². The molecule has 1 aliphatic carbocycles. The molecule has 1 fully saturated rings. The predicted molar refractivity (Wildman–Crippen MR) is 127 cm³/mol. The Labute approximate surface area is 192 Å². The average molecular weight is 434 g/mol. The second-order valence-electron chi connectivity index (χ2n) is 9.10. The molecule has 3 rings (SSSR count). The highest BCUT2D eigenvalue weighted by molar-refractivity contribution is 5.82. The number of benzene rings is 2. The van der Waals surface area contributed by atoms with E-state index in [9.17, 15) is 10.1 Å². The molecule has 0 N–H and O–H groups in total. The topological polar surface area (TPSA) is 59.3 Å². The van der Waals surface area contributed by atoms with Crippen molar-refractivity contribution >= 4 is 5.97 Å². The van der Waals surface area contributed by atoms with Crippen LogP contribution >= 0.6 is 0 Å². The molecule has 1 aliphatic rings. The van der Waals surface area contributed by atoms with Gasteiger partial charge in [-0.3, -0.25) is 0 Å². The maximum absolute atomic E-state index is 12.8. The van der Waals surface area contributed by atoms with Crippen molar-refractivity contribution in [3.63, 3.8) is 0 Å². The molecule has 0 heterocycles. The lowest BCUT2D eigenvalue weighted by Gasteiger charge is -2.31. The minimum atomic E-state index is -1.01. The number of carbonyl (C=O) groups excluding carboxylic acids is 1. The zero-order valence-corrected chi connectivity index (χ0v) is 19.4. The number of hydrogen-bond donors (Lipinski definition) is 0. The van der Waals surface area contributed by atoms with Crippen LogP contribution in [0.15, 0.2) is 48.5 Å². The van der Waals surface area contributed by atoms with Crippen LogP contribution in [0.4, 0.5) is 0 Å². The summed E-state index contributed by atoms with van der Waals surface area (Å²) in [6.45, 7) is 5.07. The monoisotopic (exact) mass is 433 g/mol. The molecule has 0 radical (unpaired) electrons. The molecular formula is C28H35NO3. The first-order valence-corrected chi connectivity index (χ1v) is 12.0. The Balaban J connectivity index is 1.54. The van der Waals surface area contributed by atoms with Crippen LogP contribution in [0.5, 0.6) is 11.5 Å². The maximum Gasteiger partial charge on any atom is 0.331 e. The van der Waals surface area contributed by atoms with Crippen molar-refractivity contribution in [3.05, 3.63) is 48.5 Å². The smallest absolute Gasteiger partial charge is 0.331 e. The third-order valence-electron chi connectivity index (χ3n) is 6.37. The molecule has 0 aromatic heterocycles. The van der Waals surface area contributed by atoms with E-state index in [0.717, 1.165) is 42.7 Å². The zero-order valence-electron chi connectivity index (χ0n) is 19.4. The van der Waals surface area contributed by atoms with E-state index >= 15 is 0 Å². The third-order valence-corrected chi connectivity index (χ3v) is 6.37. The van der Waals surface area contributed by atoms with Crippen molar-refractivity contribution in [2.45, 2.75) is 71.6 Å². The van der Waals surface area contributed by atoms with Gasteiger partial charge in [-0.15, -0.1) is 0 Å². The summed E-state index contributed by atoms with van der Waals surface area (Å²) in [6, 6.07) is 17.8. The highest BCUT2D eigenvalue weighted by Gasteiger charge is 2.43. The number of nitriles is 1. The molecular weight excluding hydrogens is 398 g/mol. The van der Waals surface area contributed by atoms with Gasteiger partial charge in [-0.05, 0) is 60.6 Å². The molecule has 0 aliphatic heterocycles. The Morgan fingerprint density at radius 3 is 2.22 bits per heavy atom. The average Bonchev–Trinajstić information content (AvgIpc) is 2.82. The lowest BCUT2D eigenvalue weighted by atomic mass is 9.71. The molecule has 170 valence electrons. The molecule has 0 saturated heterocycles. The largest absolute Gasteiger partial charge is 0.494 e. The summed E-state index contributed by atoms with van der Waals surface area (Å²) < 4.78 is 11.4. The Hall–Kier alpha value is -2.80. The molecule has 0 amide bonds. The van der Waals surface area contributed by atoms with E-state index in [0.29, 0.717) is 24.5 Å². The number of esters is 1. The summed E-state index contributed by atoms with van der Waals surface area (Å²) >= 11 is 0. The molecule has 2 atom stereocenters. The fraction of sp³-hybridized carbons (Fsp3) is 0.500. The summed E-state index contributed by atoms with van der Waals surface area (Å²) in [5.41, 5.74) is 1.10. The molecule has 32 heavy (non-hydrogen) atoms. The highest BCUT2D eigenvalue weighted by Crippen LogP contribution is 2.40. The van der Waals surface area contributed by atoms with Crippen molar-refractivity contribution in [3.8, 4) is 28.7 Å². The molecule has 4 nitrogen and oxygen atoms in total. The standard InChI is InChI=1S/C28H35NO3/c1-3-4-5-6-7-19-31-25-14-10-23(11-15-25)24-12-16-26(17-13-24)32-27(30)28(21-29)18-8-9-22(2)20-28/h10-17,22H,3-9,18-20H2,1-2H3. The second-order valence-corrected chi connectivity index (χ2v) is 9.10. The lowest BCUT2D eigenvalue weighted by molar-refractivity contribution is -0.144. The Bertz CT molecular complexity index is 898. The van der Waals surface area contributed by atoms with Gasteiger partial charge < -0.3 is 9.47 Å². The van der Waals surface area contributed by atoms with E-state index in [-0.39, 0.29) is 0 Å². The number of carbonyl (C=O) groups is 1. The van der Waals surface area contributed by atoms with E-state index in [1.807, 2.05) is 36.4 Å². The fourth-order valence-corrected chi connectivity index (χ4v) is 4.44. The molecule has 2 unspecified atom stereocenters. The first kappa shape index (κ1) is 23.9. The van der Waals surface area contributed by atoms with Gasteiger partial charge in [0, 0.05) is 0 Å². The first-order chi connectivity index (χ1) is 15.6. The van der Waals surface area contributed by atoms with Gasteiger partial charge in [-0.25, -0.2) is 4.79 Å². The van der Waals surface area contributed by atoms with Crippen LogP contribution in [0.3, 0.4) is 0 Å². The van der Waals surface area contributed by atoms with Gasteiger partial charge in [0.15, 0.2) is 5.41 Å². The van der Waals surface area contributed by atoms with Gasteiger partial charge in [-0.2, -0.15) is 5.26 Å². The van der Waals surface area contributed by atoms with Crippen LogP contribution < -0.4 is 9.47 Å². The van der Waals surface area contributed by atoms with Gasteiger partial charge in [0.25, 0.3) is 0 Å². The Kier molecular flexibility index (Phi) is 8.73. The van der Waals surface area contributed by atoms with E-state index in [2.05, 4.69) is 19.9 Å². The van der Waals surface area contributed by atoms with Gasteiger partial charge in [0.1, 0.15) is 11.5 Å². The van der Waals surface area contributed by atoms with E-state index in [4.69, 9.17) is 9.47 Å². The minimum absolute atomic E-state index is 0.367. The van der Waals surface area contributed by atoms with Crippen molar-refractivity contribution in [2.24, 2.45) is 11.3 Å². The number of rotatable bonds is 10. The summed E-state index contributed by atoms with van der Waals surface area (Å²) in [5, 5.41) is 9.66. The van der Waals surface area contributed by atoms with E-state index in [1.165, 1.54) is 25.7 Å². The van der Waals surface area contributed by atoms with E-state index < -0.39 is 11.4 Å². The summed E-state index contributed by atoms with van der Waals surface area (Å²) in [5.74, 6) is 1.31. The summed E-state index contributed by atoms with van der Waals surface area (Å²) in [4.78, 5) is 12.8. The van der Waals surface area contributed by atoms with Gasteiger partial charge >= 0.3 is 5.97 Å². The number of nitrogens with zero attached hydrogens (tertiary/aromatic N) is 1. The zero-order chi connectivity index (χ0) is 22.8. The first-order valence-electron chi connectivity index (χ1n) is 12.0. The van der Waals surface area contributed by atoms with Gasteiger partial charge in [0.2, 0.25) is 0 Å². The molecule has 0 bridgehead atoms. The number of hydrogen-bond acceptors (Lipinski definition) is 4.